The summed E-state index contributed by atoms with van der Waals surface area (Å²) in [5.74, 6) is -3.33. The SMILES string of the molecule is C[C@@H](NC#N)c1nn(-c2ccccc2)c2c1[C@H](c1ccc(F)cc1)[C@H](NC(=O)c1cccc(C(F)(F)F)c1)C(=O)N2CCOCOP(=O)(O)O. The molecule has 1 aromatic heterocycles. The van der Waals surface area contributed by atoms with Crippen molar-refractivity contribution in [1.82, 2.24) is 20.4 Å². The second kappa shape index (κ2) is 14.8. The van der Waals surface area contributed by atoms with Gasteiger partial charge in [-0.15, -0.1) is 0 Å². The standard InChI is InChI=1S/C32H29F4N6O7P/c1-19(38-17-37)27-26-25(20-10-12-23(33)13-11-20)28(39-29(43)21-6-5-7-22(16-21)32(34,35)36)31(44)41(14-15-48-18-49-50(45,46)47)30(26)42(40-27)24-8-3-2-4-9-24/h2-13,16,19,25,28,38H,14-15,18H2,1H3,(H,39,43)(H2,45,46,47)/t19-,25+,28+/m1/s1. The number of phosphoric acid groups is 1. The number of fused-ring (bicyclic) bond motifs is 1. The second-order valence-electron chi connectivity index (χ2n) is 11.0. The number of anilines is 1. The summed E-state index contributed by atoms with van der Waals surface area (Å²) >= 11 is 0. The van der Waals surface area contributed by atoms with Crippen LogP contribution in [0.15, 0.2) is 78.9 Å². The molecule has 3 aromatic carbocycles. The van der Waals surface area contributed by atoms with Gasteiger partial charge in [-0.2, -0.15) is 23.5 Å². The molecule has 262 valence electrons. The first-order valence-electron chi connectivity index (χ1n) is 14.8. The number of hydrogen-bond donors (Lipinski definition) is 4. The Hall–Kier alpha value is -5.11. The minimum Gasteiger partial charge on any atom is -0.353 e. The van der Waals surface area contributed by atoms with E-state index in [0.29, 0.717) is 22.9 Å². The highest BCUT2D eigenvalue weighted by Gasteiger charge is 2.47. The van der Waals surface area contributed by atoms with Crippen molar-refractivity contribution in [2.24, 2.45) is 0 Å². The molecule has 0 aliphatic carbocycles. The summed E-state index contributed by atoms with van der Waals surface area (Å²) in [6, 6.07) is 15.0. The fourth-order valence-electron chi connectivity index (χ4n) is 5.58. The molecule has 13 nitrogen and oxygen atoms in total. The molecule has 4 aromatic rings. The number of halogens is 4. The van der Waals surface area contributed by atoms with Crippen molar-refractivity contribution in [2.45, 2.75) is 31.1 Å². The van der Waals surface area contributed by atoms with Crippen LogP contribution >= 0.6 is 7.82 Å². The number of hydrogen-bond acceptors (Lipinski definition) is 8. The van der Waals surface area contributed by atoms with Crippen molar-refractivity contribution in [3.05, 3.63) is 113 Å². The van der Waals surface area contributed by atoms with Gasteiger partial charge < -0.3 is 25.2 Å². The molecular weight excluding hydrogens is 687 g/mol. The molecule has 4 N–H and O–H groups in total. The lowest BCUT2D eigenvalue weighted by molar-refractivity contribution is -0.137. The molecule has 3 atom stereocenters. The normalized spacial score (nSPS) is 16.8. The smallest absolute Gasteiger partial charge is 0.353 e. The summed E-state index contributed by atoms with van der Waals surface area (Å²) in [5.41, 5.74) is -0.0965. The monoisotopic (exact) mass is 716 g/mol. The number of benzene rings is 3. The van der Waals surface area contributed by atoms with Crippen LogP contribution in [0.1, 0.15) is 51.6 Å². The van der Waals surface area contributed by atoms with Crippen molar-refractivity contribution in [3.63, 3.8) is 0 Å². The molecule has 0 spiro atoms. The highest BCUT2D eigenvalue weighted by Crippen LogP contribution is 2.45. The quantitative estimate of drug-likeness (QED) is 0.0407. The average molecular weight is 717 g/mol. The lowest BCUT2D eigenvalue weighted by Crippen LogP contribution is -2.56. The van der Waals surface area contributed by atoms with E-state index in [4.69, 9.17) is 19.6 Å². The van der Waals surface area contributed by atoms with Gasteiger partial charge in [0.1, 0.15) is 17.7 Å². The minimum absolute atomic E-state index is 0.168. The zero-order chi connectivity index (χ0) is 36.2. The number of nitrogens with zero attached hydrogens (tertiary/aromatic N) is 4. The number of nitriles is 1. The maximum Gasteiger partial charge on any atom is 0.471 e. The van der Waals surface area contributed by atoms with E-state index in [1.54, 1.807) is 37.3 Å². The summed E-state index contributed by atoms with van der Waals surface area (Å²) in [5, 5.41) is 19.5. The van der Waals surface area contributed by atoms with Crippen LogP contribution < -0.4 is 15.5 Å². The predicted octanol–water partition coefficient (Wildman–Crippen LogP) is 4.52. The topological polar surface area (TPSA) is 179 Å². The van der Waals surface area contributed by atoms with Gasteiger partial charge in [-0.25, -0.2) is 13.6 Å². The highest BCUT2D eigenvalue weighted by atomic mass is 31.2. The number of carbonyl (C=O) groups is 2. The molecule has 1 aliphatic rings. The van der Waals surface area contributed by atoms with Gasteiger partial charge in [0.15, 0.2) is 13.0 Å². The third-order valence-corrected chi connectivity index (χ3v) is 8.22. The molecule has 2 heterocycles. The van der Waals surface area contributed by atoms with Crippen molar-refractivity contribution < 1.29 is 50.8 Å². The van der Waals surface area contributed by atoms with Crippen LogP contribution in [0, 0.1) is 17.3 Å². The summed E-state index contributed by atoms with van der Waals surface area (Å²) in [7, 11) is -4.88. The van der Waals surface area contributed by atoms with E-state index in [1.807, 2.05) is 6.19 Å². The molecule has 50 heavy (non-hydrogen) atoms. The van der Waals surface area contributed by atoms with Gasteiger partial charge >= 0.3 is 14.0 Å². The molecular formula is C32H29F4N6O7P. The maximum absolute atomic E-state index is 14.6. The number of aromatic nitrogens is 2. The van der Waals surface area contributed by atoms with Gasteiger partial charge in [0, 0.05) is 17.0 Å². The number of rotatable bonds is 12. The summed E-state index contributed by atoms with van der Waals surface area (Å²) in [6.45, 7) is 0.157. The van der Waals surface area contributed by atoms with Crippen molar-refractivity contribution in [2.75, 3.05) is 24.8 Å². The summed E-state index contributed by atoms with van der Waals surface area (Å²) in [6.07, 6.45) is -2.90. The van der Waals surface area contributed by atoms with E-state index in [9.17, 15) is 37.0 Å². The Morgan fingerprint density at radius 1 is 1.10 bits per heavy atom. The fraction of sp³-hybridized carbons (Fsp3) is 0.250. The van der Waals surface area contributed by atoms with Gasteiger partial charge in [0.05, 0.1) is 36.1 Å². The Bertz CT molecular complexity index is 1950. The Morgan fingerprint density at radius 3 is 2.44 bits per heavy atom. The molecule has 18 heteroatoms. The van der Waals surface area contributed by atoms with Gasteiger partial charge in [0.25, 0.3) is 11.8 Å². The molecule has 0 unspecified atom stereocenters. The average Bonchev–Trinajstić information content (AvgIpc) is 3.46. The summed E-state index contributed by atoms with van der Waals surface area (Å²) < 4.78 is 76.9. The molecule has 0 bridgehead atoms. The molecule has 0 radical (unpaired) electrons. The van der Waals surface area contributed by atoms with Gasteiger partial charge in [0.2, 0.25) is 0 Å². The summed E-state index contributed by atoms with van der Waals surface area (Å²) in [4.78, 5) is 47.4. The van der Waals surface area contributed by atoms with Crippen LogP contribution in [0.25, 0.3) is 5.69 Å². The zero-order valence-electron chi connectivity index (χ0n) is 26.0. The van der Waals surface area contributed by atoms with E-state index >= 15 is 0 Å². The lowest BCUT2D eigenvalue weighted by atomic mass is 9.80. The van der Waals surface area contributed by atoms with Gasteiger partial charge in [-0.05, 0) is 55.0 Å². The number of para-hydroxylation sites is 1. The van der Waals surface area contributed by atoms with Crippen LogP contribution in [0.3, 0.4) is 0 Å². The molecule has 1 aliphatic heterocycles. The van der Waals surface area contributed by atoms with Crippen LogP contribution in [0.5, 0.6) is 0 Å². The molecule has 0 saturated heterocycles. The van der Waals surface area contributed by atoms with Crippen LogP contribution in [0.4, 0.5) is 23.4 Å². The first-order valence-corrected chi connectivity index (χ1v) is 16.4. The largest absolute Gasteiger partial charge is 0.471 e. The first kappa shape index (κ1) is 36.2. The van der Waals surface area contributed by atoms with Crippen LogP contribution in [0.2, 0.25) is 0 Å². The van der Waals surface area contributed by atoms with E-state index in [-0.39, 0.29) is 30.2 Å². The number of nitrogens with one attached hydrogen (secondary N) is 2. The van der Waals surface area contributed by atoms with E-state index in [1.165, 1.54) is 21.7 Å². The first-order chi connectivity index (χ1) is 23.7. The Kier molecular flexibility index (Phi) is 10.7. The number of ether oxygens (including phenoxy) is 1. The van der Waals surface area contributed by atoms with Crippen molar-refractivity contribution in [3.8, 4) is 11.9 Å². The van der Waals surface area contributed by atoms with E-state index in [0.717, 1.165) is 30.3 Å². The van der Waals surface area contributed by atoms with Gasteiger partial charge in [-0.3, -0.25) is 19.0 Å². The van der Waals surface area contributed by atoms with Gasteiger partial charge in [-0.1, -0.05) is 36.4 Å². The number of alkyl halides is 3. The number of phosphoric ester groups is 1. The predicted molar refractivity (Wildman–Crippen MR) is 168 cm³/mol. The number of amides is 2. The molecule has 0 fully saturated rings. The second-order valence-corrected chi connectivity index (χ2v) is 12.3. The molecule has 2 amide bonds. The fourth-order valence-corrected chi connectivity index (χ4v) is 5.80. The Labute approximate surface area is 282 Å². The Morgan fingerprint density at radius 2 is 1.80 bits per heavy atom. The Balaban J connectivity index is 1.69. The van der Waals surface area contributed by atoms with Crippen molar-refractivity contribution in [1.29, 1.82) is 5.26 Å². The lowest BCUT2D eigenvalue weighted by Gasteiger charge is -2.39. The van der Waals surface area contributed by atoms with Crippen LogP contribution in [-0.4, -0.2) is 57.4 Å². The number of carbonyl (C=O) groups excluding carboxylic acids is 2. The third-order valence-electron chi connectivity index (χ3n) is 7.78. The third kappa shape index (κ3) is 8.02. The van der Waals surface area contributed by atoms with Crippen molar-refractivity contribution >= 4 is 25.5 Å². The van der Waals surface area contributed by atoms with E-state index in [2.05, 4.69) is 15.2 Å². The van der Waals surface area contributed by atoms with E-state index < -0.39 is 62.0 Å². The maximum atomic E-state index is 14.6. The molecule has 0 saturated carbocycles. The highest BCUT2D eigenvalue weighted by molar-refractivity contribution is 7.46. The molecule has 5 rings (SSSR count). The minimum atomic E-state index is -4.88. The zero-order valence-corrected chi connectivity index (χ0v) is 26.9. The van der Waals surface area contributed by atoms with Crippen LogP contribution in [-0.2, 0) is 24.8 Å².